The molecule has 0 saturated carbocycles. The van der Waals surface area contributed by atoms with Crippen molar-refractivity contribution in [3.05, 3.63) is 58.7 Å². The van der Waals surface area contributed by atoms with Crippen LogP contribution in [-0.2, 0) is 0 Å². The van der Waals surface area contributed by atoms with Gasteiger partial charge in [0.25, 0.3) is 0 Å². The van der Waals surface area contributed by atoms with E-state index in [4.69, 9.17) is 35.4 Å². The maximum atomic E-state index is 6.09. The molecule has 1 aromatic heterocycles. The van der Waals surface area contributed by atoms with E-state index in [0.717, 1.165) is 10.8 Å². The molecule has 116 valence electrons. The molecule has 0 spiro atoms. The maximum absolute atomic E-state index is 6.09. The second kappa shape index (κ2) is 6.95. The van der Waals surface area contributed by atoms with Crippen LogP contribution in [0.4, 0.5) is 11.5 Å². The predicted octanol–water partition coefficient (Wildman–Crippen LogP) is 4.25. The third kappa shape index (κ3) is 3.79. The SMILES string of the molecule is S=C(NNc1nncc2ccccc12)Nc1ccc(Cl)cc1Cl. The number of hydrogen-bond donors (Lipinski definition) is 3. The number of rotatable bonds is 3. The van der Waals surface area contributed by atoms with Gasteiger partial charge in [0.2, 0.25) is 0 Å². The van der Waals surface area contributed by atoms with E-state index >= 15 is 0 Å². The van der Waals surface area contributed by atoms with Gasteiger partial charge in [0.05, 0.1) is 16.9 Å². The van der Waals surface area contributed by atoms with Gasteiger partial charge >= 0.3 is 0 Å². The first-order chi connectivity index (χ1) is 11.1. The molecule has 5 nitrogen and oxygen atoms in total. The number of thiocarbonyl (C=S) groups is 1. The molecule has 0 bridgehead atoms. The normalized spacial score (nSPS) is 10.3. The van der Waals surface area contributed by atoms with Gasteiger partial charge in [0.15, 0.2) is 10.9 Å². The number of nitrogens with zero attached hydrogens (tertiary/aromatic N) is 2. The molecule has 3 N–H and O–H groups in total. The minimum absolute atomic E-state index is 0.337. The number of nitrogens with one attached hydrogen (secondary N) is 3. The summed E-state index contributed by atoms with van der Waals surface area (Å²) < 4.78 is 0. The highest BCUT2D eigenvalue weighted by molar-refractivity contribution is 7.80. The maximum Gasteiger partial charge on any atom is 0.189 e. The van der Waals surface area contributed by atoms with Gasteiger partial charge in [-0.3, -0.25) is 10.9 Å². The molecule has 23 heavy (non-hydrogen) atoms. The summed E-state index contributed by atoms with van der Waals surface area (Å²) in [4.78, 5) is 0. The van der Waals surface area contributed by atoms with Crippen LogP contribution in [0.2, 0.25) is 10.0 Å². The first kappa shape index (κ1) is 15.7. The highest BCUT2D eigenvalue weighted by Gasteiger charge is 2.05. The van der Waals surface area contributed by atoms with Gasteiger partial charge in [-0.25, -0.2) is 0 Å². The number of aromatic nitrogens is 2. The summed E-state index contributed by atoms with van der Waals surface area (Å²) in [5, 5.41) is 14.3. The number of anilines is 2. The van der Waals surface area contributed by atoms with Gasteiger partial charge in [-0.2, -0.15) is 5.10 Å². The minimum Gasteiger partial charge on any atom is -0.330 e. The van der Waals surface area contributed by atoms with Crippen molar-refractivity contribution in [1.82, 2.24) is 15.6 Å². The lowest BCUT2D eigenvalue weighted by atomic mass is 10.2. The molecule has 0 atom stereocenters. The Hall–Kier alpha value is -2.15. The number of hydrazine groups is 1. The zero-order valence-corrected chi connectivity index (χ0v) is 14.0. The summed E-state index contributed by atoms with van der Waals surface area (Å²) in [6, 6.07) is 12.9. The lowest BCUT2D eigenvalue weighted by Crippen LogP contribution is -2.33. The van der Waals surface area contributed by atoms with Crippen molar-refractivity contribution in [2.75, 3.05) is 10.7 Å². The molecule has 0 aliphatic heterocycles. The van der Waals surface area contributed by atoms with E-state index in [1.807, 2.05) is 24.3 Å². The lowest BCUT2D eigenvalue weighted by Gasteiger charge is -2.13. The topological polar surface area (TPSA) is 61.9 Å². The van der Waals surface area contributed by atoms with Crippen molar-refractivity contribution in [3.63, 3.8) is 0 Å². The molecule has 3 rings (SSSR count). The van der Waals surface area contributed by atoms with Crippen molar-refractivity contribution in [1.29, 1.82) is 0 Å². The lowest BCUT2D eigenvalue weighted by molar-refractivity contribution is 1.01. The van der Waals surface area contributed by atoms with Gasteiger partial charge in [0.1, 0.15) is 0 Å². The molecule has 3 aromatic rings. The monoisotopic (exact) mass is 363 g/mol. The summed E-state index contributed by atoms with van der Waals surface area (Å²) >= 11 is 17.2. The third-order valence-electron chi connectivity index (χ3n) is 3.04. The average molecular weight is 364 g/mol. The Morgan fingerprint density at radius 3 is 2.74 bits per heavy atom. The molecule has 0 aliphatic carbocycles. The Morgan fingerprint density at radius 2 is 1.91 bits per heavy atom. The zero-order valence-electron chi connectivity index (χ0n) is 11.7. The summed E-state index contributed by atoms with van der Waals surface area (Å²) in [6.45, 7) is 0. The molecule has 8 heteroatoms. The smallest absolute Gasteiger partial charge is 0.189 e. The molecule has 0 aliphatic rings. The van der Waals surface area contributed by atoms with Crippen LogP contribution in [0.5, 0.6) is 0 Å². The molecule has 0 amide bonds. The van der Waals surface area contributed by atoms with E-state index in [0.29, 0.717) is 26.7 Å². The van der Waals surface area contributed by atoms with E-state index in [1.165, 1.54) is 0 Å². The van der Waals surface area contributed by atoms with Gasteiger partial charge < -0.3 is 5.32 Å². The Balaban J connectivity index is 1.69. The quantitative estimate of drug-likeness (QED) is 0.477. The fourth-order valence-corrected chi connectivity index (χ4v) is 2.60. The van der Waals surface area contributed by atoms with Crippen LogP contribution in [0.15, 0.2) is 48.7 Å². The van der Waals surface area contributed by atoms with Crippen molar-refractivity contribution in [2.45, 2.75) is 0 Å². The number of fused-ring (bicyclic) bond motifs is 1. The van der Waals surface area contributed by atoms with Crippen LogP contribution in [0.1, 0.15) is 0 Å². The zero-order chi connectivity index (χ0) is 16.2. The fraction of sp³-hybridized carbons (Fsp3) is 0. The van der Waals surface area contributed by atoms with Gasteiger partial charge in [0, 0.05) is 15.8 Å². The molecule has 0 radical (unpaired) electrons. The van der Waals surface area contributed by atoms with Gasteiger partial charge in [-0.15, -0.1) is 5.10 Å². The molecular formula is C15H11Cl2N5S. The van der Waals surface area contributed by atoms with E-state index in [-0.39, 0.29) is 0 Å². The summed E-state index contributed by atoms with van der Waals surface area (Å²) in [5.74, 6) is 0.578. The van der Waals surface area contributed by atoms with Crippen molar-refractivity contribution in [2.24, 2.45) is 0 Å². The average Bonchev–Trinajstić information content (AvgIpc) is 2.55. The highest BCUT2D eigenvalue weighted by Crippen LogP contribution is 2.25. The number of hydrogen-bond acceptors (Lipinski definition) is 4. The molecule has 2 aromatic carbocycles. The molecular weight excluding hydrogens is 353 g/mol. The summed E-state index contributed by atoms with van der Waals surface area (Å²) in [5.41, 5.74) is 6.45. The van der Waals surface area contributed by atoms with E-state index in [1.54, 1.807) is 24.4 Å². The van der Waals surface area contributed by atoms with Crippen LogP contribution < -0.4 is 16.2 Å². The van der Waals surface area contributed by atoms with Crippen LogP contribution in [-0.4, -0.2) is 15.3 Å². The largest absolute Gasteiger partial charge is 0.330 e. The highest BCUT2D eigenvalue weighted by atomic mass is 35.5. The fourth-order valence-electron chi connectivity index (χ4n) is 1.98. The first-order valence-corrected chi connectivity index (χ1v) is 7.78. The Bertz CT molecular complexity index is 866. The Morgan fingerprint density at radius 1 is 1.09 bits per heavy atom. The number of halogens is 2. The van der Waals surface area contributed by atoms with Crippen LogP contribution >= 0.6 is 35.4 Å². The van der Waals surface area contributed by atoms with E-state index in [9.17, 15) is 0 Å². The molecule has 0 fully saturated rings. The van der Waals surface area contributed by atoms with Gasteiger partial charge in [-0.05, 0) is 30.4 Å². The first-order valence-electron chi connectivity index (χ1n) is 6.62. The van der Waals surface area contributed by atoms with Crippen LogP contribution in [0.3, 0.4) is 0 Å². The molecule has 0 unspecified atom stereocenters. The molecule has 1 heterocycles. The van der Waals surface area contributed by atoms with Crippen molar-refractivity contribution >= 4 is 62.8 Å². The standard InChI is InChI=1S/C15H11Cl2N5S/c16-10-5-6-13(12(17)7-10)19-15(23)22-21-14-11-4-2-1-3-9(11)8-18-20-14/h1-8H,(H,20,21)(H2,19,22,23). The van der Waals surface area contributed by atoms with Crippen LogP contribution in [0.25, 0.3) is 10.8 Å². The Labute approximate surface area is 148 Å². The number of benzene rings is 2. The second-order valence-corrected chi connectivity index (χ2v) is 5.86. The van der Waals surface area contributed by atoms with E-state index < -0.39 is 0 Å². The van der Waals surface area contributed by atoms with Gasteiger partial charge in [-0.1, -0.05) is 47.5 Å². The summed E-state index contributed by atoms with van der Waals surface area (Å²) in [6.07, 6.45) is 1.70. The second-order valence-electron chi connectivity index (χ2n) is 4.61. The third-order valence-corrected chi connectivity index (χ3v) is 3.80. The van der Waals surface area contributed by atoms with Crippen molar-refractivity contribution < 1.29 is 0 Å². The predicted molar refractivity (Wildman–Crippen MR) is 99.0 cm³/mol. The van der Waals surface area contributed by atoms with Crippen LogP contribution in [0, 0.1) is 0 Å². The summed E-state index contributed by atoms with van der Waals surface area (Å²) in [7, 11) is 0. The van der Waals surface area contributed by atoms with Crippen molar-refractivity contribution in [3.8, 4) is 0 Å². The molecule has 0 saturated heterocycles. The Kier molecular flexibility index (Phi) is 4.76. The minimum atomic E-state index is 0.337. The van der Waals surface area contributed by atoms with E-state index in [2.05, 4.69) is 26.4 Å².